The number of hydrogen-bond donors (Lipinski definition) is 2. The molecule has 4 amide bonds. The molecule has 0 atom stereocenters. The molecular formula is C33H29N3O6S. The van der Waals surface area contributed by atoms with Crippen LogP contribution in [0, 0.1) is 6.92 Å². The van der Waals surface area contributed by atoms with E-state index in [2.05, 4.69) is 10.6 Å². The van der Waals surface area contributed by atoms with Gasteiger partial charge in [-0.15, -0.1) is 0 Å². The van der Waals surface area contributed by atoms with E-state index in [1.807, 2.05) is 74.5 Å². The highest BCUT2D eigenvalue weighted by Crippen LogP contribution is 2.35. The highest BCUT2D eigenvalue weighted by atomic mass is 32.2. The Morgan fingerprint density at radius 1 is 0.837 bits per heavy atom. The third-order valence-corrected chi connectivity index (χ3v) is 7.49. The molecule has 218 valence electrons. The SMILES string of the molecule is CCOc1cc(/C=C2\SC(=O)N(CC(=O)Nc3cccc4ccccc34)C2=O)ccc1OCC(=O)Nc1ccccc1C. The minimum absolute atomic E-state index is 0.177. The first-order valence-electron chi connectivity index (χ1n) is 13.6. The first-order valence-corrected chi connectivity index (χ1v) is 14.4. The Balaban J connectivity index is 1.24. The second-order valence-corrected chi connectivity index (χ2v) is 10.6. The number of aryl methyl sites for hydroxylation is 1. The van der Waals surface area contributed by atoms with Gasteiger partial charge in [-0.25, -0.2) is 0 Å². The molecule has 0 radical (unpaired) electrons. The molecule has 4 aromatic rings. The fourth-order valence-corrected chi connectivity index (χ4v) is 5.34. The average molecular weight is 596 g/mol. The first-order chi connectivity index (χ1) is 20.8. The molecule has 10 heteroatoms. The summed E-state index contributed by atoms with van der Waals surface area (Å²) in [7, 11) is 0. The van der Waals surface area contributed by atoms with Crippen LogP contribution < -0.4 is 20.1 Å². The Labute approximate surface area is 252 Å². The topological polar surface area (TPSA) is 114 Å². The molecule has 1 saturated heterocycles. The standard InChI is InChI=1S/C33H29N3O6S/c1-3-41-28-17-22(15-16-27(28)42-20-31(38)34-25-13-7-4-9-21(25)2)18-29-32(39)36(33(40)43-29)19-30(37)35-26-14-8-11-23-10-5-6-12-24(23)26/h4-18H,3,19-20H2,1-2H3,(H,34,38)(H,35,37)/b29-18-. The molecule has 0 spiro atoms. The van der Waals surface area contributed by atoms with Gasteiger partial charge in [0.1, 0.15) is 6.54 Å². The summed E-state index contributed by atoms with van der Waals surface area (Å²) in [5.74, 6) is -0.620. The molecule has 1 aliphatic heterocycles. The Kier molecular flexibility index (Phi) is 9.07. The Morgan fingerprint density at radius 2 is 1.56 bits per heavy atom. The third-order valence-electron chi connectivity index (χ3n) is 6.58. The number of nitrogens with one attached hydrogen (secondary N) is 2. The second-order valence-electron chi connectivity index (χ2n) is 9.63. The number of imide groups is 1. The maximum atomic E-state index is 13.1. The monoisotopic (exact) mass is 595 g/mol. The number of anilines is 2. The Bertz CT molecular complexity index is 1750. The van der Waals surface area contributed by atoms with Gasteiger partial charge >= 0.3 is 0 Å². The number of rotatable bonds is 10. The highest BCUT2D eigenvalue weighted by Gasteiger charge is 2.36. The molecule has 1 fully saturated rings. The maximum absolute atomic E-state index is 13.1. The van der Waals surface area contributed by atoms with Crippen molar-refractivity contribution in [1.82, 2.24) is 4.90 Å². The molecule has 0 saturated carbocycles. The molecular weight excluding hydrogens is 566 g/mol. The maximum Gasteiger partial charge on any atom is 0.294 e. The van der Waals surface area contributed by atoms with Crippen LogP contribution in [0.4, 0.5) is 16.2 Å². The molecule has 5 rings (SSSR count). The van der Waals surface area contributed by atoms with Crippen molar-refractivity contribution in [2.45, 2.75) is 13.8 Å². The minimum Gasteiger partial charge on any atom is -0.490 e. The van der Waals surface area contributed by atoms with Crippen LogP contribution in [0.2, 0.25) is 0 Å². The second kappa shape index (κ2) is 13.3. The van der Waals surface area contributed by atoms with E-state index in [9.17, 15) is 19.2 Å². The average Bonchev–Trinajstić information content (AvgIpc) is 3.25. The van der Waals surface area contributed by atoms with Gasteiger partial charge in [-0.1, -0.05) is 60.7 Å². The summed E-state index contributed by atoms with van der Waals surface area (Å²) in [6, 6.07) is 25.6. The minimum atomic E-state index is -0.561. The zero-order valence-electron chi connectivity index (χ0n) is 23.6. The molecule has 1 heterocycles. The van der Waals surface area contributed by atoms with Gasteiger partial charge in [-0.2, -0.15) is 0 Å². The van der Waals surface area contributed by atoms with Gasteiger partial charge in [0.15, 0.2) is 18.1 Å². The number of fused-ring (bicyclic) bond motifs is 1. The van der Waals surface area contributed by atoms with Crippen molar-refractivity contribution in [2.24, 2.45) is 0 Å². The fraction of sp³-hybridized carbons (Fsp3) is 0.152. The lowest BCUT2D eigenvalue weighted by Gasteiger charge is -2.14. The quantitative estimate of drug-likeness (QED) is 0.209. The molecule has 0 aromatic heterocycles. The van der Waals surface area contributed by atoms with Crippen molar-refractivity contribution in [3.63, 3.8) is 0 Å². The summed E-state index contributed by atoms with van der Waals surface area (Å²) in [4.78, 5) is 52.1. The normalized spacial score (nSPS) is 13.8. The summed E-state index contributed by atoms with van der Waals surface area (Å²) in [6.07, 6.45) is 1.56. The molecule has 0 aliphatic carbocycles. The lowest BCUT2D eigenvalue weighted by Crippen LogP contribution is -2.36. The van der Waals surface area contributed by atoms with E-state index in [0.717, 1.165) is 33.0 Å². The zero-order valence-corrected chi connectivity index (χ0v) is 24.4. The van der Waals surface area contributed by atoms with Crippen molar-refractivity contribution in [2.75, 3.05) is 30.4 Å². The van der Waals surface area contributed by atoms with Gasteiger partial charge < -0.3 is 20.1 Å². The summed E-state index contributed by atoms with van der Waals surface area (Å²) in [5, 5.41) is 6.91. The zero-order chi connectivity index (χ0) is 30.3. The smallest absolute Gasteiger partial charge is 0.294 e. The van der Waals surface area contributed by atoms with Crippen LogP contribution in [0.3, 0.4) is 0 Å². The number of ether oxygens (including phenoxy) is 2. The number of thioether (sulfide) groups is 1. The third kappa shape index (κ3) is 7.04. The number of amides is 4. The predicted octanol–water partition coefficient (Wildman–Crippen LogP) is 6.24. The van der Waals surface area contributed by atoms with Gasteiger partial charge in [0.2, 0.25) is 5.91 Å². The van der Waals surface area contributed by atoms with Crippen molar-refractivity contribution in [3.8, 4) is 11.5 Å². The van der Waals surface area contributed by atoms with E-state index < -0.39 is 23.6 Å². The van der Waals surface area contributed by atoms with E-state index in [0.29, 0.717) is 35.0 Å². The summed E-state index contributed by atoms with van der Waals surface area (Å²) in [5.41, 5.74) is 2.83. The van der Waals surface area contributed by atoms with Gasteiger partial charge in [0.05, 0.1) is 11.5 Å². The van der Waals surface area contributed by atoms with Crippen molar-refractivity contribution in [3.05, 3.63) is 101 Å². The van der Waals surface area contributed by atoms with E-state index in [1.165, 1.54) is 0 Å². The Morgan fingerprint density at radius 3 is 2.37 bits per heavy atom. The van der Waals surface area contributed by atoms with Crippen LogP contribution >= 0.6 is 11.8 Å². The largest absolute Gasteiger partial charge is 0.490 e. The van der Waals surface area contributed by atoms with Crippen LogP contribution in [-0.2, 0) is 14.4 Å². The van der Waals surface area contributed by atoms with Gasteiger partial charge in [0, 0.05) is 16.8 Å². The van der Waals surface area contributed by atoms with Crippen LogP contribution in [-0.4, -0.2) is 47.6 Å². The summed E-state index contributed by atoms with van der Waals surface area (Å²) in [6.45, 7) is 3.42. The fourth-order valence-electron chi connectivity index (χ4n) is 4.50. The summed E-state index contributed by atoms with van der Waals surface area (Å²) < 4.78 is 11.4. The van der Waals surface area contributed by atoms with E-state index in [-0.39, 0.29) is 17.4 Å². The number of carbonyl (C=O) groups is 4. The number of para-hydroxylation sites is 1. The van der Waals surface area contributed by atoms with Gasteiger partial charge in [-0.05, 0) is 72.5 Å². The molecule has 0 unspecified atom stereocenters. The molecule has 9 nitrogen and oxygen atoms in total. The lowest BCUT2D eigenvalue weighted by atomic mass is 10.1. The molecule has 2 N–H and O–H groups in total. The molecule has 4 aromatic carbocycles. The van der Waals surface area contributed by atoms with E-state index in [4.69, 9.17) is 9.47 Å². The van der Waals surface area contributed by atoms with Crippen LogP contribution in [0.1, 0.15) is 18.1 Å². The van der Waals surface area contributed by atoms with Gasteiger partial charge in [0.25, 0.3) is 17.1 Å². The van der Waals surface area contributed by atoms with Crippen molar-refractivity contribution >= 4 is 62.9 Å². The number of carbonyl (C=O) groups excluding carboxylic acids is 4. The number of benzene rings is 4. The lowest BCUT2D eigenvalue weighted by molar-refractivity contribution is -0.127. The number of nitrogens with zero attached hydrogens (tertiary/aromatic N) is 1. The summed E-state index contributed by atoms with van der Waals surface area (Å²) >= 11 is 0.761. The first kappa shape index (κ1) is 29.4. The highest BCUT2D eigenvalue weighted by molar-refractivity contribution is 8.18. The van der Waals surface area contributed by atoms with E-state index >= 15 is 0 Å². The molecule has 0 bridgehead atoms. The number of hydrogen-bond acceptors (Lipinski definition) is 7. The molecule has 43 heavy (non-hydrogen) atoms. The van der Waals surface area contributed by atoms with Crippen LogP contribution in [0.15, 0.2) is 89.8 Å². The Hall–Kier alpha value is -5.09. The predicted molar refractivity (Wildman–Crippen MR) is 168 cm³/mol. The van der Waals surface area contributed by atoms with Crippen LogP contribution in [0.25, 0.3) is 16.8 Å². The van der Waals surface area contributed by atoms with Crippen LogP contribution in [0.5, 0.6) is 11.5 Å². The van der Waals surface area contributed by atoms with E-state index in [1.54, 1.807) is 30.3 Å². The van der Waals surface area contributed by atoms with Gasteiger partial charge in [-0.3, -0.25) is 24.1 Å². The molecule has 1 aliphatic rings. The van der Waals surface area contributed by atoms with Crippen molar-refractivity contribution in [1.29, 1.82) is 0 Å². The van der Waals surface area contributed by atoms with Crippen molar-refractivity contribution < 1.29 is 28.7 Å².